The van der Waals surface area contributed by atoms with Gasteiger partial charge in [0.05, 0.1) is 23.9 Å². The lowest BCUT2D eigenvalue weighted by molar-refractivity contribution is -0.114. The van der Waals surface area contributed by atoms with Gasteiger partial charge in [0.15, 0.2) is 0 Å². The van der Waals surface area contributed by atoms with Crippen LogP contribution < -0.4 is 4.90 Å². The Bertz CT molecular complexity index is 516. The van der Waals surface area contributed by atoms with Crippen LogP contribution in [0.5, 0.6) is 0 Å². The summed E-state index contributed by atoms with van der Waals surface area (Å²) in [5.41, 5.74) is 0.352. The largest absolute Gasteiger partial charge is 0.392 e. The third-order valence-electron chi connectivity index (χ3n) is 2.43. The fraction of sp³-hybridized carbons (Fsp3) is 0.273. The van der Waals surface area contributed by atoms with Crippen molar-refractivity contribution in [3.8, 4) is 0 Å². The first-order chi connectivity index (χ1) is 7.91. The topological polar surface area (TPSA) is 57.6 Å². The van der Waals surface area contributed by atoms with E-state index in [9.17, 15) is 19.1 Å². The fourth-order valence-electron chi connectivity index (χ4n) is 1.79. The number of fused-ring (bicyclic) bond motifs is 1. The van der Waals surface area contributed by atoms with Crippen molar-refractivity contribution in [2.75, 3.05) is 11.4 Å². The zero-order valence-corrected chi connectivity index (χ0v) is 10.5. The van der Waals surface area contributed by atoms with Gasteiger partial charge in [-0.15, -0.1) is 0 Å². The third kappa shape index (κ3) is 1.98. The Morgan fingerprint density at radius 3 is 2.71 bits per heavy atom. The number of anilines is 1. The molecule has 2 rings (SSSR count). The first-order valence-corrected chi connectivity index (χ1v) is 5.74. The van der Waals surface area contributed by atoms with Crippen molar-refractivity contribution in [1.29, 1.82) is 0 Å². The Labute approximate surface area is 105 Å². The van der Waals surface area contributed by atoms with E-state index in [2.05, 4.69) is 15.9 Å². The molecule has 6 heteroatoms. The van der Waals surface area contributed by atoms with Crippen molar-refractivity contribution in [2.45, 2.75) is 13.0 Å². The second-order valence-corrected chi connectivity index (χ2v) is 4.73. The Hall–Kier alpha value is -1.27. The molecule has 0 radical (unpaired) electrons. The smallest absolute Gasteiger partial charge is 0.299 e. The highest BCUT2D eigenvalue weighted by Crippen LogP contribution is 2.36. The van der Waals surface area contributed by atoms with Gasteiger partial charge in [-0.25, -0.2) is 4.39 Å². The Kier molecular flexibility index (Phi) is 3.01. The van der Waals surface area contributed by atoms with Crippen LogP contribution in [0.25, 0.3) is 0 Å². The second-order valence-electron chi connectivity index (χ2n) is 3.88. The monoisotopic (exact) mass is 301 g/mol. The van der Waals surface area contributed by atoms with Crippen molar-refractivity contribution in [3.63, 3.8) is 0 Å². The number of β-amino-alcohol motifs (C(OH)–C–C–N with tert-alkyl or cyclic N) is 1. The van der Waals surface area contributed by atoms with Gasteiger partial charge in [0.1, 0.15) is 5.82 Å². The van der Waals surface area contributed by atoms with Crippen LogP contribution in [0.4, 0.5) is 10.1 Å². The van der Waals surface area contributed by atoms with Gasteiger partial charge in [-0.2, -0.15) is 0 Å². The quantitative estimate of drug-likeness (QED) is 0.842. The summed E-state index contributed by atoms with van der Waals surface area (Å²) in [5, 5.41) is 9.29. The number of hydrogen-bond donors (Lipinski definition) is 1. The number of aliphatic hydroxyl groups is 1. The second kappa shape index (κ2) is 4.19. The standard InChI is InChI=1S/C11H9BrFNO3/c1-5(15)4-14-9-7(10(16)11(14)17)2-6(13)3-8(9)12/h2-3,5,15H,4H2,1H3. The highest BCUT2D eigenvalue weighted by atomic mass is 79.9. The summed E-state index contributed by atoms with van der Waals surface area (Å²) in [5.74, 6) is -2.08. The molecule has 1 N–H and O–H groups in total. The summed E-state index contributed by atoms with van der Waals surface area (Å²) in [6, 6.07) is 2.21. The fourth-order valence-corrected chi connectivity index (χ4v) is 2.44. The lowest BCUT2D eigenvalue weighted by Crippen LogP contribution is -2.35. The molecule has 90 valence electrons. The molecule has 1 atom stereocenters. The van der Waals surface area contributed by atoms with E-state index in [4.69, 9.17) is 0 Å². The maximum Gasteiger partial charge on any atom is 0.299 e. The highest BCUT2D eigenvalue weighted by Gasteiger charge is 2.38. The number of carbonyl (C=O) groups excluding carboxylic acids is 2. The summed E-state index contributed by atoms with van der Waals surface area (Å²) in [6.07, 6.45) is -0.769. The molecular weight excluding hydrogens is 293 g/mol. The molecular formula is C11H9BrFNO3. The number of carbonyl (C=O) groups is 2. The molecule has 0 aliphatic carbocycles. The molecule has 1 aromatic rings. The Morgan fingerprint density at radius 2 is 2.12 bits per heavy atom. The van der Waals surface area contributed by atoms with Gasteiger partial charge >= 0.3 is 0 Å². The van der Waals surface area contributed by atoms with E-state index >= 15 is 0 Å². The lowest BCUT2D eigenvalue weighted by Gasteiger charge is -2.19. The molecule has 1 aliphatic rings. The number of hydrogen-bond acceptors (Lipinski definition) is 3. The van der Waals surface area contributed by atoms with Gasteiger partial charge in [-0.05, 0) is 35.0 Å². The molecule has 1 aromatic carbocycles. The van der Waals surface area contributed by atoms with E-state index in [1.165, 1.54) is 13.0 Å². The van der Waals surface area contributed by atoms with Crippen LogP contribution in [0.3, 0.4) is 0 Å². The predicted molar refractivity (Wildman–Crippen MR) is 62.5 cm³/mol. The minimum absolute atomic E-state index is 0.00179. The molecule has 1 unspecified atom stereocenters. The maximum absolute atomic E-state index is 13.2. The molecule has 0 bridgehead atoms. The summed E-state index contributed by atoms with van der Waals surface area (Å²) in [4.78, 5) is 24.5. The first-order valence-electron chi connectivity index (χ1n) is 4.95. The number of halogens is 2. The van der Waals surface area contributed by atoms with Crippen LogP contribution in [0.1, 0.15) is 17.3 Å². The Balaban J connectivity index is 2.56. The average molecular weight is 302 g/mol. The summed E-state index contributed by atoms with van der Waals surface area (Å²) >= 11 is 3.12. The molecule has 1 aliphatic heterocycles. The maximum atomic E-state index is 13.2. The lowest BCUT2D eigenvalue weighted by atomic mass is 10.1. The highest BCUT2D eigenvalue weighted by molar-refractivity contribution is 9.10. The van der Waals surface area contributed by atoms with Gasteiger partial charge in [0, 0.05) is 4.47 Å². The van der Waals surface area contributed by atoms with E-state index in [0.29, 0.717) is 10.2 Å². The van der Waals surface area contributed by atoms with Crippen LogP contribution in [-0.2, 0) is 4.79 Å². The van der Waals surface area contributed by atoms with Crippen molar-refractivity contribution >= 4 is 33.3 Å². The zero-order chi connectivity index (χ0) is 12.7. The van der Waals surface area contributed by atoms with Crippen LogP contribution in [0.2, 0.25) is 0 Å². The van der Waals surface area contributed by atoms with Crippen LogP contribution in [-0.4, -0.2) is 29.4 Å². The van der Waals surface area contributed by atoms with Crippen LogP contribution in [0, 0.1) is 5.82 Å². The van der Waals surface area contributed by atoms with E-state index in [-0.39, 0.29) is 12.1 Å². The molecule has 0 saturated carbocycles. The molecule has 17 heavy (non-hydrogen) atoms. The molecule has 0 saturated heterocycles. The molecule has 0 aromatic heterocycles. The van der Waals surface area contributed by atoms with E-state index < -0.39 is 23.6 Å². The number of Topliss-reactive ketones (excluding diaryl/α,β-unsaturated/α-hetero) is 1. The summed E-state index contributed by atoms with van der Waals surface area (Å²) < 4.78 is 13.5. The van der Waals surface area contributed by atoms with Gasteiger partial charge < -0.3 is 10.0 Å². The van der Waals surface area contributed by atoms with Gasteiger partial charge in [0.25, 0.3) is 11.7 Å². The minimum atomic E-state index is -0.769. The molecule has 0 fully saturated rings. The first kappa shape index (κ1) is 12.2. The number of benzene rings is 1. The number of rotatable bonds is 2. The van der Waals surface area contributed by atoms with Crippen LogP contribution >= 0.6 is 15.9 Å². The van der Waals surface area contributed by atoms with E-state index in [1.54, 1.807) is 0 Å². The zero-order valence-electron chi connectivity index (χ0n) is 8.91. The van der Waals surface area contributed by atoms with E-state index in [1.807, 2.05) is 0 Å². The molecule has 0 spiro atoms. The van der Waals surface area contributed by atoms with Gasteiger partial charge in [-0.3, -0.25) is 9.59 Å². The number of amides is 1. The number of nitrogens with zero attached hydrogens (tertiary/aromatic N) is 1. The van der Waals surface area contributed by atoms with Gasteiger partial charge in [-0.1, -0.05) is 0 Å². The molecule has 4 nitrogen and oxygen atoms in total. The number of aliphatic hydroxyl groups excluding tert-OH is 1. The van der Waals surface area contributed by atoms with Gasteiger partial charge in [0.2, 0.25) is 0 Å². The SMILES string of the molecule is CC(O)CN1C(=O)C(=O)c2cc(F)cc(Br)c21. The van der Waals surface area contributed by atoms with E-state index in [0.717, 1.165) is 11.0 Å². The van der Waals surface area contributed by atoms with Crippen molar-refractivity contribution in [2.24, 2.45) is 0 Å². The minimum Gasteiger partial charge on any atom is -0.392 e. The van der Waals surface area contributed by atoms with Crippen molar-refractivity contribution < 1.29 is 19.1 Å². The van der Waals surface area contributed by atoms with Crippen molar-refractivity contribution in [1.82, 2.24) is 0 Å². The molecule has 1 heterocycles. The van der Waals surface area contributed by atoms with Crippen LogP contribution in [0.15, 0.2) is 16.6 Å². The summed E-state index contributed by atoms with van der Waals surface area (Å²) in [6.45, 7) is 1.51. The summed E-state index contributed by atoms with van der Waals surface area (Å²) in [7, 11) is 0. The predicted octanol–water partition coefficient (Wildman–Crippen LogP) is 1.50. The van der Waals surface area contributed by atoms with Crippen molar-refractivity contribution in [3.05, 3.63) is 28.0 Å². The average Bonchev–Trinajstić information content (AvgIpc) is 2.43. The Morgan fingerprint density at radius 1 is 1.47 bits per heavy atom. The normalized spacial score (nSPS) is 16.4. The molecule has 1 amide bonds. The number of ketones is 1. The third-order valence-corrected chi connectivity index (χ3v) is 3.03.